The van der Waals surface area contributed by atoms with Gasteiger partial charge in [-0.05, 0) is 62.0 Å². The molecule has 3 N–H and O–H groups in total. The normalized spacial score (nSPS) is 20.7. The van der Waals surface area contributed by atoms with Gasteiger partial charge in [-0.1, -0.05) is 44.5 Å². The summed E-state index contributed by atoms with van der Waals surface area (Å²) in [5.41, 5.74) is 10.8. The van der Waals surface area contributed by atoms with Crippen molar-refractivity contribution in [3.8, 4) is 5.75 Å². The molecule has 156 valence electrons. The molecule has 5 heteroatoms. The molecule has 2 aliphatic rings. The summed E-state index contributed by atoms with van der Waals surface area (Å²) in [6.07, 6.45) is 3.14. The van der Waals surface area contributed by atoms with E-state index in [0.717, 1.165) is 60.2 Å². The minimum atomic E-state index is -0.0260. The molecule has 0 radical (unpaired) electrons. The van der Waals surface area contributed by atoms with E-state index in [1.54, 1.807) is 7.11 Å². The average molecular weight is 414 g/mol. The summed E-state index contributed by atoms with van der Waals surface area (Å²) >= 11 is 6.92. The van der Waals surface area contributed by atoms with Gasteiger partial charge in [0.05, 0.1) is 24.2 Å². The number of piperidine rings is 1. The van der Waals surface area contributed by atoms with E-state index in [2.05, 4.69) is 43.1 Å². The Bertz CT molecular complexity index is 899. The number of nitrogen functional groups attached to an aromatic ring is 1. The Kier molecular flexibility index (Phi) is 5.20. The molecule has 4 rings (SSSR count). The number of nitrogens with one attached hydrogen (secondary N) is 1. The number of para-hydroxylation sites is 2. The van der Waals surface area contributed by atoms with E-state index in [4.69, 9.17) is 22.1 Å². The van der Waals surface area contributed by atoms with E-state index in [-0.39, 0.29) is 16.9 Å². The third-order valence-electron chi connectivity index (χ3n) is 6.50. The number of hydrogen-bond donors (Lipinski definition) is 2. The van der Waals surface area contributed by atoms with Crippen molar-refractivity contribution in [1.82, 2.24) is 5.32 Å². The van der Waals surface area contributed by atoms with E-state index in [1.165, 1.54) is 5.56 Å². The highest BCUT2D eigenvalue weighted by Crippen LogP contribution is 2.60. The highest BCUT2D eigenvalue weighted by molar-refractivity contribution is 6.32. The Labute approximate surface area is 179 Å². The van der Waals surface area contributed by atoms with Crippen LogP contribution in [0.2, 0.25) is 5.02 Å². The molecule has 0 saturated carbocycles. The number of anilines is 3. The summed E-state index contributed by atoms with van der Waals surface area (Å²) in [4.78, 5) is 2.44. The summed E-state index contributed by atoms with van der Waals surface area (Å²) in [5, 5.41) is 4.38. The van der Waals surface area contributed by atoms with Gasteiger partial charge in [0.2, 0.25) is 0 Å². The minimum absolute atomic E-state index is 0.0260. The van der Waals surface area contributed by atoms with Crippen LogP contribution in [0.3, 0.4) is 0 Å². The Morgan fingerprint density at radius 3 is 2.48 bits per heavy atom. The second kappa shape index (κ2) is 7.41. The Morgan fingerprint density at radius 2 is 1.86 bits per heavy atom. The van der Waals surface area contributed by atoms with Gasteiger partial charge in [-0.2, -0.15) is 0 Å². The van der Waals surface area contributed by atoms with Gasteiger partial charge in [-0.25, -0.2) is 0 Å². The van der Waals surface area contributed by atoms with Gasteiger partial charge in [0.1, 0.15) is 5.75 Å². The summed E-state index contributed by atoms with van der Waals surface area (Å²) in [5.74, 6) is 0.863. The van der Waals surface area contributed by atoms with Crippen molar-refractivity contribution < 1.29 is 4.74 Å². The van der Waals surface area contributed by atoms with Crippen molar-refractivity contribution in [2.45, 2.75) is 51.5 Å². The molecule has 1 saturated heterocycles. The Hall–Kier alpha value is -1.91. The first-order valence-electron chi connectivity index (χ1n) is 10.5. The number of hydrogen-bond acceptors (Lipinski definition) is 4. The lowest BCUT2D eigenvalue weighted by molar-refractivity contribution is 0.216. The maximum Gasteiger partial charge on any atom is 0.142 e. The summed E-state index contributed by atoms with van der Waals surface area (Å²) < 4.78 is 5.86. The van der Waals surface area contributed by atoms with Gasteiger partial charge in [-0.15, -0.1) is 0 Å². The molecule has 0 bridgehead atoms. The third kappa shape index (κ3) is 3.36. The fraction of sp³-hybridized carbons (Fsp3) is 0.500. The van der Waals surface area contributed by atoms with Gasteiger partial charge in [0.25, 0.3) is 0 Å². The maximum atomic E-state index is 6.92. The molecule has 2 aromatic carbocycles. The zero-order valence-corrected chi connectivity index (χ0v) is 18.6. The molecule has 1 atom stereocenters. The van der Waals surface area contributed by atoms with Crippen molar-refractivity contribution in [3.63, 3.8) is 0 Å². The van der Waals surface area contributed by atoms with Crippen LogP contribution in [0.5, 0.6) is 5.75 Å². The molecular weight excluding hydrogens is 382 g/mol. The molecule has 2 heterocycles. The molecule has 0 aliphatic carbocycles. The highest BCUT2D eigenvalue weighted by atomic mass is 35.5. The lowest BCUT2D eigenvalue weighted by atomic mass is 9.66. The fourth-order valence-electron chi connectivity index (χ4n) is 5.31. The zero-order chi connectivity index (χ0) is 20.8. The van der Waals surface area contributed by atoms with E-state index in [0.29, 0.717) is 0 Å². The topological polar surface area (TPSA) is 50.5 Å². The fourth-order valence-corrected chi connectivity index (χ4v) is 5.65. The van der Waals surface area contributed by atoms with Gasteiger partial charge < -0.3 is 20.7 Å². The van der Waals surface area contributed by atoms with Gasteiger partial charge >= 0.3 is 0 Å². The first-order chi connectivity index (χ1) is 13.8. The lowest BCUT2D eigenvalue weighted by Gasteiger charge is -2.45. The van der Waals surface area contributed by atoms with E-state index < -0.39 is 0 Å². The van der Waals surface area contributed by atoms with Crippen LogP contribution in [0.4, 0.5) is 17.1 Å². The molecule has 1 fully saturated rings. The first-order valence-corrected chi connectivity index (χ1v) is 10.9. The lowest BCUT2D eigenvalue weighted by Crippen LogP contribution is -2.50. The highest BCUT2D eigenvalue weighted by Gasteiger charge is 2.54. The quantitative estimate of drug-likeness (QED) is 0.651. The molecule has 0 aromatic heterocycles. The molecule has 2 aliphatic heterocycles. The van der Waals surface area contributed by atoms with Crippen LogP contribution in [0.25, 0.3) is 0 Å². The van der Waals surface area contributed by atoms with Crippen LogP contribution in [-0.2, 0) is 5.41 Å². The van der Waals surface area contributed by atoms with Crippen LogP contribution in [0.1, 0.15) is 45.6 Å². The second-order valence-corrected chi connectivity index (χ2v) is 10.00. The smallest absolute Gasteiger partial charge is 0.142 e. The summed E-state index contributed by atoms with van der Waals surface area (Å²) in [6, 6.07) is 12.4. The van der Waals surface area contributed by atoms with E-state index >= 15 is 0 Å². The SMILES string of the molecule is COc1ccc(Cl)c2c1N(c1ccccc1N)C(CC(C)(C)C)C21CCNCC1. The number of nitrogens with zero attached hydrogens (tertiary/aromatic N) is 1. The number of ether oxygens (including phenoxy) is 1. The van der Waals surface area contributed by atoms with Crippen LogP contribution < -0.4 is 20.7 Å². The molecule has 1 spiro atoms. The number of benzene rings is 2. The van der Waals surface area contributed by atoms with Gasteiger partial charge in [0.15, 0.2) is 0 Å². The van der Waals surface area contributed by atoms with Crippen LogP contribution in [0.15, 0.2) is 36.4 Å². The minimum Gasteiger partial charge on any atom is -0.495 e. The average Bonchev–Trinajstić information content (AvgIpc) is 2.93. The van der Waals surface area contributed by atoms with Crippen molar-refractivity contribution >= 4 is 28.7 Å². The van der Waals surface area contributed by atoms with Gasteiger partial charge in [-0.3, -0.25) is 0 Å². The largest absolute Gasteiger partial charge is 0.495 e. The number of methoxy groups -OCH3 is 1. The molecule has 0 amide bonds. The van der Waals surface area contributed by atoms with Crippen molar-refractivity contribution in [1.29, 1.82) is 0 Å². The predicted octanol–water partition coefficient (Wildman–Crippen LogP) is 5.51. The first kappa shape index (κ1) is 20.4. The van der Waals surface area contributed by atoms with Gasteiger partial charge in [0, 0.05) is 22.0 Å². The summed E-state index contributed by atoms with van der Waals surface area (Å²) in [6.45, 7) is 8.93. The van der Waals surface area contributed by atoms with Crippen molar-refractivity contribution in [2.24, 2.45) is 5.41 Å². The molecule has 4 nitrogen and oxygen atoms in total. The molecular formula is C24H32ClN3O. The second-order valence-electron chi connectivity index (χ2n) is 9.59. The van der Waals surface area contributed by atoms with E-state index in [9.17, 15) is 0 Å². The third-order valence-corrected chi connectivity index (χ3v) is 6.81. The molecule has 29 heavy (non-hydrogen) atoms. The van der Waals surface area contributed by atoms with Crippen LogP contribution >= 0.6 is 11.6 Å². The number of rotatable bonds is 3. The predicted molar refractivity (Wildman–Crippen MR) is 123 cm³/mol. The zero-order valence-electron chi connectivity index (χ0n) is 17.9. The number of nitrogens with two attached hydrogens (primary N) is 1. The maximum absolute atomic E-state index is 6.92. The van der Waals surface area contributed by atoms with E-state index in [1.807, 2.05) is 24.3 Å². The summed E-state index contributed by atoms with van der Waals surface area (Å²) in [7, 11) is 1.74. The molecule has 1 unspecified atom stereocenters. The standard InChI is InChI=1S/C24H32ClN3O/c1-23(2,3)15-20-24(11-13-27-14-12-24)21-16(25)9-10-19(29-4)22(21)28(20)18-8-6-5-7-17(18)26/h5-10,20,27H,11-15,26H2,1-4H3. The number of fused-ring (bicyclic) bond motifs is 2. The van der Waals surface area contributed by atoms with Crippen molar-refractivity contribution in [2.75, 3.05) is 30.8 Å². The Balaban J connectivity index is 2.03. The monoisotopic (exact) mass is 413 g/mol. The molecule has 2 aromatic rings. The van der Waals surface area contributed by atoms with Crippen molar-refractivity contribution in [3.05, 3.63) is 47.0 Å². The Morgan fingerprint density at radius 1 is 1.17 bits per heavy atom. The van der Waals surface area contributed by atoms with Crippen LogP contribution in [0, 0.1) is 5.41 Å². The van der Waals surface area contributed by atoms with Crippen LogP contribution in [-0.4, -0.2) is 26.2 Å². The number of halogens is 1.